The predicted molar refractivity (Wildman–Crippen MR) is 35.5 cm³/mol. The van der Waals surface area contributed by atoms with Gasteiger partial charge in [-0.05, 0) is 0 Å². The molecule has 0 aromatic carbocycles. The van der Waals surface area contributed by atoms with Gasteiger partial charge in [-0.25, -0.2) is 5.53 Å². The van der Waals surface area contributed by atoms with E-state index < -0.39 is 5.91 Å². The van der Waals surface area contributed by atoms with E-state index >= 15 is 0 Å². The fourth-order valence-electron chi connectivity index (χ4n) is 0.613. The van der Waals surface area contributed by atoms with Crippen molar-refractivity contribution in [3.63, 3.8) is 0 Å². The van der Waals surface area contributed by atoms with E-state index in [9.17, 15) is 9.70 Å². The van der Waals surface area contributed by atoms with Gasteiger partial charge in [0.15, 0.2) is 11.5 Å². The van der Waals surface area contributed by atoms with Crippen molar-refractivity contribution in [2.75, 3.05) is 0 Å². The molecule has 1 aromatic rings. The van der Waals surface area contributed by atoms with E-state index in [4.69, 9.17) is 5.53 Å². The first-order valence-electron chi connectivity index (χ1n) is 2.94. The van der Waals surface area contributed by atoms with Crippen molar-refractivity contribution < 1.29 is 9.32 Å². The van der Waals surface area contributed by atoms with Gasteiger partial charge in [0, 0.05) is 11.2 Å². The van der Waals surface area contributed by atoms with Crippen molar-refractivity contribution in [2.45, 2.75) is 6.54 Å². The van der Waals surface area contributed by atoms with Crippen molar-refractivity contribution in [3.8, 4) is 0 Å². The van der Waals surface area contributed by atoms with Crippen LogP contribution in [0.2, 0.25) is 0 Å². The van der Waals surface area contributed by atoms with Gasteiger partial charge < -0.3 is 4.52 Å². The molecule has 1 aromatic heterocycles. The standard InChI is InChI=1S/C5H4N4O3/c6-7-2-3-1-4(9-12-3)5(10)8-11/h1,6H,2H2. The number of nitroso groups, excluding NO2 is 1. The second kappa shape index (κ2) is 3.46. The third-order valence-electron chi connectivity index (χ3n) is 1.10. The normalized spacial score (nSPS) is 9.33. The Labute approximate surface area is 66.2 Å². The van der Waals surface area contributed by atoms with Crippen molar-refractivity contribution in [3.05, 3.63) is 22.4 Å². The monoisotopic (exact) mass is 168 g/mol. The summed E-state index contributed by atoms with van der Waals surface area (Å²) in [6, 6.07) is 1.22. The molecule has 0 aliphatic carbocycles. The lowest BCUT2D eigenvalue weighted by Gasteiger charge is -1.78. The van der Waals surface area contributed by atoms with Crippen molar-refractivity contribution in [1.29, 1.82) is 5.53 Å². The molecule has 1 amide bonds. The lowest BCUT2D eigenvalue weighted by molar-refractivity contribution is 0.0992. The Hall–Kier alpha value is -1.92. The molecule has 0 saturated carbocycles. The maximum absolute atomic E-state index is 10.6. The molecule has 12 heavy (non-hydrogen) atoms. The molecule has 0 aliphatic heterocycles. The number of carbonyl (C=O) groups excluding carboxylic acids is 1. The van der Waals surface area contributed by atoms with Crippen molar-refractivity contribution in [2.24, 2.45) is 10.3 Å². The number of rotatable bonds is 3. The highest BCUT2D eigenvalue weighted by Crippen LogP contribution is 2.05. The summed E-state index contributed by atoms with van der Waals surface area (Å²) in [7, 11) is 0. The SMILES string of the molecule is N=NCc1cc(C(=O)N=O)no1. The number of hydrogen-bond acceptors (Lipinski definition) is 6. The third-order valence-corrected chi connectivity index (χ3v) is 1.10. The summed E-state index contributed by atoms with van der Waals surface area (Å²) < 4.78 is 4.54. The molecule has 0 fully saturated rings. The zero-order chi connectivity index (χ0) is 8.97. The summed E-state index contributed by atoms with van der Waals surface area (Å²) >= 11 is 0. The Morgan fingerprint density at radius 3 is 3.08 bits per heavy atom. The smallest absolute Gasteiger partial charge is 0.338 e. The summed E-state index contributed by atoms with van der Waals surface area (Å²) in [4.78, 5) is 20.3. The van der Waals surface area contributed by atoms with E-state index in [-0.39, 0.29) is 18.0 Å². The van der Waals surface area contributed by atoms with E-state index in [1.165, 1.54) is 6.07 Å². The van der Waals surface area contributed by atoms with Gasteiger partial charge in [0.25, 0.3) is 0 Å². The first-order chi connectivity index (χ1) is 5.77. The van der Waals surface area contributed by atoms with Gasteiger partial charge in [0.05, 0.1) is 0 Å². The molecule has 0 saturated heterocycles. The third kappa shape index (κ3) is 1.57. The van der Waals surface area contributed by atoms with Gasteiger partial charge in [-0.15, -0.1) is 4.91 Å². The Kier molecular flexibility index (Phi) is 2.36. The molecule has 0 unspecified atom stereocenters. The summed E-state index contributed by atoms with van der Waals surface area (Å²) in [6.07, 6.45) is 0. The first-order valence-corrected chi connectivity index (χ1v) is 2.94. The van der Waals surface area contributed by atoms with Gasteiger partial charge in [0.2, 0.25) is 0 Å². The number of nitrogens with zero attached hydrogens (tertiary/aromatic N) is 3. The van der Waals surface area contributed by atoms with Crippen LogP contribution in [-0.2, 0) is 6.54 Å². The highest BCUT2D eigenvalue weighted by molar-refractivity contribution is 5.92. The highest BCUT2D eigenvalue weighted by Gasteiger charge is 2.11. The van der Waals surface area contributed by atoms with Crippen LogP contribution in [0.1, 0.15) is 16.2 Å². The number of aromatic nitrogens is 1. The number of hydrogen-bond donors (Lipinski definition) is 1. The first kappa shape index (κ1) is 8.18. The van der Waals surface area contributed by atoms with Gasteiger partial charge in [-0.2, -0.15) is 5.11 Å². The van der Waals surface area contributed by atoms with Crippen LogP contribution in [0.4, 0.5) is 0 Å². The van der Waals surface area contributed by atoms with Crippen molar-refractivity contribution in [1.82, 2.24) is 5.16 Å². The van der Waals surface area contributed by atoms with Crippen LogP contribution in [0.25, 0.3) is 0 Å². The largest absolute Gasteiger partial charge is 0.359 e. The Bertz CT molecular complexity index is 318. The van der Waals surface area contributed by atoms with E-state index in [2.05, 4.69) is 20.0 Å². The number of nitrogens with one attached hydrogen (secondary N) is 1. The topological polar surface area (TPSA) is 109 Å². The molecule has 1 heterocycles. The lowest BCUT2D eigenvalue weighted by atomic mass is 10.3. The lowest BCUT2D eigenvalue weighted by Crippen LogP contribution is -1.91. The molecule has 7 heteroatoms. The summed E-state index contributed by atoms with van der Waals surface area (Å²) in [5.74, 6) is -0.744. The number of amides is 1. The maximum Gasteiger partial charge on any atom is 0.338 e. The van der Waals surface area contributed by atoms with Gasteiger partial charge >= 0.3 is 5.91 Å². The molecule has 0 bridgehead atoms. The van der Waals surface area contributed by atoms with E-state index in [0.29, 0.717) is 0 Å². The van der Waals surface area contributed by atoms with Crippen LogP contribution in [0.3, 0.4) is 0 Å². The molecular formula is C5H4N4O3. The van der Waals surface area contributed by atoms with Gasteiger partial charge in [-0.3, -0.25) is 4.79 Å². The molecule has 1 N–H and O–H groups in total. The maximum atomic E-state index is 10.6. The van der Waals surface area contributed by atoms with Crippen molar-refractivity contribution >= 4 is 5.91 Å². The fourth-order valence-corrected chi connectivity index (χ4v) is 0.613. The molecule has 0 radical (unpaired) electrons. The summed E-state index contributed by atoms with van der Waals surface area (Å²) in [5.41, 5.74) is 6.31. The Balaban J connectivity index is 2.83. The molecule has 0 spiro atoms. The van der Waals surface area contributed by atoms with Crippen LogP contribution in [0.5, 0.6) is 0 Å². The molecular weight excluding hydrogens is 164 g/mol. The minimum absolute atomic E-state index is 0.000856. The second-order valence-electron chi connectivity index (χ2n) is 1.89. The number of carbonyl (C=O) groups is 1. The van der Waals surface area contributed by atoms with Crippen LogP contribution in [0, 0.1) is 10.4 Å². The van der Waals surface area contributed by atoms with Gasteiger partial charge in [-0.1, -0.05) is 5.16 Å². The fraction of sp³-hybridized carbons (Fsp3) is 0.200. The molecule has 7 nitrogen and oxygen atoms in total. The Morgan fingerprint density at radius 2 is 2.50 bits per heavy atom. The molecule has 0 aliphatic rings. The van der Waals surface area contributed by atoms with Crippen LogP contribution < -0.4 is 0 Å². The predicted octanol–water partition coefficient (Wildman–Crippen LogP) is 1.11. The van der Waals surface area contributed by atoms with E-state index in [1.54, 1.807) is 0 Å². The summed E-state index contributed by atoms with van der Waals surface area (Å²) in [5, 5.41) is 8.39. The molecule has 62 valence electrons. The zero-order valence-electron chi connectivity index (χ0n) is 5.85. The van der Waals surface area contributed by atoms with Crippen LogP contribution in [-0.4, -0.2) is 11.1 Å². The van der Waals surface area contributed by atoms with Gasteiger partial charge in [0.1, 0.15) is 6.54 Å². The Morgan fingerprint density at radius 1 is 1.75 bits per heavy atom. The minimum atomic E-state index is -0.991. The van der Waals surface area contributed by atoms with Crippen LogP contribution >= 0.6 is 0 Å². The average Bonchev–Trinajstić information content (AvgIpc) is 2.52. The van der Waals surface area contributed by atoms with E-state index in [0.717, 1.165) is 0 Å². The summed E-state index contributed by atoms with van der Waals surface area (Å²) in [6.45, 7) is -0.000856. The quantitative estimate of drug-likeness (QED) is 0.538. The minimum Gasteiger partial charge on any atom is -0.359 e. The van der Waals surface area contributed by atoms with Crippen LogP contribution in [0.15, 0.2) is 20.9 Å². The zero-order valence-corrected chi connectivity index (χ0v) is 5.85. The average molecular weight is 168 g/mol. The highest BCUT2D eigenvalue weighted by atomic mass is 16.5. The second-order valence-corrected chi connectivity index (χ2v) is 1.89. The molecule has 1 rings (SSSR count). The molecule has 0 atom stereocenters. The van der Waals surface area contributed by atoms with E-state index in [1.807, 2.05) is 0 Å².